The van der Waals surface area contributed by atoms with E-state index in [0.717, 1.165) is 48.8 Å². The Labute approximate surface area is 237 Å². The molecule has 0 unspecified atom stereocenters. The predicted molar refractivity (Wildman–Crippen MR) is 156 cm³/mol. The Morgan fingerprint density at radius 3 is 2.39 bits per heavy atom. The number of hydrogen-bond acceptors (Lipinski definition) is 8. The second-order valence-corrected chi connectivity index (χ2v) is 10.3. The Bertz CT molecular complexity index is 1570. The highest BCUT2D eigenvalue weighted by atomic mass is 16.5. The number of nitrogens with zero attached hydrogens (tertiary/aromatic N) is 5. The van der Waals surface area contributed by atoms with Gasteiger partial charge in [-0.3, -0.25) is 15.3 Å². The van der Waals surface area contributed by atoms with Crippen LogP contribution in [0.15, 0.2) is 66.9 Å². The Balaban J connectivity index is 1.06. The fourth-order valence-electron chi connectivity index (χ4n) is 5.73. The first-order valence-electron chi connectivity index (χ1n) is 13.8. The molecule has 11 nitrogen and oxygen atoms in total. The van der Waals surface area contributed by atoms with E-state index in [2.05, 4.69) is 47.9 Å². The topological polar surface area (TPSA) is 119 Å². The van der Waals surface area contributed by atoms with E-state index in [1.165, 1.54) is 0 Å². The molecule has 2 amide bonds. The molecule has 2 aromatic heterocycles. The molecule has 7 rings (SSSR count). The summed E-state index contributed by atoms with van der Waals surface area (Å²) in [6.45, 7) is 5.95. The van der Waals surface area contributed by atoms with E-state index in [9.17, 15) is 9.59 Å². The van der Waals surface area contributed by atoms with Crippen LogP contribution in [0.1, 0.15) is 15.9 Å². The van der Waals surface area contributed by atoms with Gasteiger partial charge in [-0.15, -0.1) is 0 Å². The largest absolute Gasteiger partial charge is 0.379 e. The molecule has 208 valence electrons. The van der Waals surface area contributed by atoms with Crippen molar-refractivity contribution in [3.63, 3.8) is 0 Å². The van der Waals surface area contributed by atoms with Crippen LogP contribution in [0.5, 0.6) is 0 Å². The molecule has 2 aromatic carbocycles. The van der Waals surface area contributed by atoms with Crippen LogP contribution in [0.4, 0.5) is 22.0 Å². The summed E-state index contributed by atoms with van der Waals surface area (Å²) >= 11 is 0. The first-order valence-corrected chi connectivity index (χ1v) is 13.8. The van der Waals surface area contributed by atoms with Crippen molar-refractivity contribution in [2.45, 2.75) is 0 Å². The number of rotatable bonds is 5. The average Bonchev–Trinajstić information content (AvgIpc) is 3.58. The van der Waals surface area contributed by atoms with Gasteiger partial charge in [-0.1, -0.05) is 30.3 Å². The summed E-state index contributed by atoms with van der Waals surface area (Å²) < 4.78 is 5.33. The van der Waals surface area contributed by atoms with Crippen molar-refractivity contribution < 1.29 is 14.3 Å². The van der Waals surface area contributed by atoms with Gasteiger partial charge in [-0.05, 0) is 30.3 Å². The molecule has 0 spiro atoms. The Morgan fingerprint density at radius 1 is 0.854 bits per heavy atom. The molecule has 4 aromatic rings. The monoisotopic (exact) mass is 550 g/mol. The number of morpholine rings is 1. The number of fused-ring (bicyclic) bond motifs is 3. The van der Waals surface area contributed by atoms with Crippen LogP contribution in [-0.4, -0.2) is 84.5 Å². The maximum atomic E-state index is 13.7. The number of anilines is 3. The predicted octanol–water partition coefficient (Wildman–Crippen LogP) is 3.38. The third-order valence-corrected chi connectivity index (χ3v) is 7.83. The van der Waals surface area contributed by atoms with Gasteiger partial charge in [0.2, 0.25) is 0 Å². The van der Waals surface area contributed by atoms with E-state index in [0.29, 0.717) is 54.5 Å². The van der Waals surface area contributed by atoms with Crippen LogP contribution < -0.4 is 20.5 Å². The van der Waals surface area contributed by atoms with E-state index >= 15 is 0 Å². The summed E-state index contributed by atoms with van der Waals surface area (Å²) in [5.41, 5.74) is 8.30. The molecular weight excluding hydrogens is 520 g/mol. The minimum absolute atomic E-state index is 0.157. The van der Waals surface area contributed by atoms with Crippen molar-refractivity contribution >= 4 is 29.0 Å². The van der Waals surface area contributed by atoms with Gasteiger partial charge < -0.3 is 19.9 Å². The van der Waals surface area contributed by atoms with Crippen molar-refractivity contribution in [2.75, 3.05) is 67.6 Å². The smallest absolute Gasteiger partial charge is 0.333 e. The normalized spacial score (nSPS) is 16.8. The molecule has 0 bridgehead atoms. The number of piperazine rings is 1. The van der Waals surface area contributed by atoms with Crippen molar-refractivity contribution in [3.05, 3.63) is 78.0 Å². The zero-order valence-corrected chi connectivity index (χ0v) is 22.5. The summed E-state index contributed by atoms with van der Waals surface area (Å²) in [6.07, 6.45) is 1.83. The Morgan fingerprint density at radius 2 is 1.63 bits per heavy atom. The van der Waals surface area contributed by atoms with Gasteiger partial charge in [0.25, 0.3) is 0 Å². The molecule has 0 saturated carbocycles. The number of nitrogens with one attached hydrogen (secondary N) is 3. The van der Waals surface area contributed by atoms with E-state index in [1.807, 2.05) is 48.7 Å². The summed E-state index contributed by atoms with van der Waals surface area (Å²) in [6, 6.07) is 19.3. The molecule has 0 radical (unpaired) electrons. The lowest BCUT2D eigenvalue weighted by atomic mass is 10.0. The molecular formula is C30H30N8O3. The highest BCUT2D eigenvalue weighted by Gasteiger charge is 2.35. The molecule has 11 heteroatoms. The average molecular weight is 551 g/mol. The third kappa shape index (κ3) is 4.79. The SMILES string of the molecule is O=C(Nc1cccc2c1C(=O)c1c(-c3ccc(N4CCN(c5ccccn5)CC4)cc3)n[nH]c1-2)NN1CCOCC1. The number of hydrazine groups is 1. The zero-order valence-electron chi connectivity index (χ0n) is 22.5. The highest BCUT2D eigenvalue weighted by molar-refractivity contribution is 6.26. The lowest BCUT2D eigenvalue weighted by molar-refractivity contribution is 0.0207. The van der Waals surface area contributed by atoms with Crippen molar-refractivity contribution in [1.82, 2.24) is 25.6 Å². The van der Waals surface area contributed by atoms with Gasteiger partial charge in [0.05, 0.1) is 35.7 Å². The van der Waals surface area contributed by atoms with E-state index in [4.69, 9.17) is 4.74 Å². The Kier molecular flexibility index (Phi) is 6.57. The quantitative estimate of drug-likeness (QED) is 0.305. The number of carbonyl (C=O) groups excluding carboxylic acids is 2. The molecule has 3 N–H and O–H groups in total. The standard InChI is InChI=1S/C30H30N8O3/c39-29-25-22(4-3-5-23(25)32-30(40)35-38-16-18-41-19-17-38)28-26(29)27(33-34-28)20-7-9-21(10-8-20)36-12-14-37(15-13-36)24-6-1-2-11-31-24/h1-11H,12-19H2,(H,33,34)(H2,32,35,40). The highest BCUT2D eigenvalue weighted by Crippen LogP contribution is 2.43. The maximum absolute atomic E-state index is 13.7. The van der Waals surface area contributed by atoms with Gasteiger partial charge in [0, 0.05) is 62.3 Å². The van der Waals surface area contributed by atoms with Gasteiger partial charge in [-0.2, -0.15) is 5.10 Å². The van der Waals surface area contributed by atoms with E-state index < -0.39 is 6.03 Å². The lowest BCUT2D eigenvalue weighted by Crippen LogP contribution is -2.49. The van der Waals surface area contributed by atoms with Crippen LogP contribution >= 0.6 is 0 Å². The van der Waals surface area contributed by atoms with Crippen molar-refractivity contribution in [1.29, 1.82) is 0 Å². The van der Waals surface area contributed by atoms with Crippen LogP contribution in [0.3, 0.4) is 0 Å². The first-order chi connectivity index (χ1) is 20.2. The van der Waals surface area contributed by atoms with Crippen molar-refractivity contribution in [2.24, 2.45) is 0 Å². The lowest BCUT2D eigenvalue weighted by Gasteiger charge is -2.36. The Hall–Kier alpha value is -4.74. The minimum Gasteiger partial charge on any atom is -0.379 e. The fourth-order valence-corrected chi connectivity index (χ4v) is 5.73. The number of amides is 2. The molecule has 2 aliphatic heterocycles. The molecule has 3 aliphatic rings. The van der Waals surface area contributed by atoms with Crippen LogP contribution in [0.2, 0.25) is 0 Å². The van der Waals surface area contributed by atoms with Gasteiger partial charge >= 0.3 is 6.03 Å². The van der Waals surface area contributed by atoms with Crippen LogP contribution in [-0.2, 0) is 4.74 Å². The number of benzene rings is 2. The number of carbonyl (C=O) groups is 2. The summed E-state index contributed by atoms with van der Waals surface area (Å²) in [7, 11) is 0. The van der Waals surface area contributed by atoms with E-state index in [1.54, 1.807) is 11.1 Å². The number of pyridine rings is 1. The minimum atomic E-state index is -0.390. The van der Waals surface area contributed by atoms with Gasteiger partial charge in [0.15, 0.2) is 5.78 Å². The number of aromatic nitrogens is 3. The summed E-state index contributed by atoms with van der Waals surface area (Å²) in [5, 5.41) is 12.3. The molecule has 2 fully saturated rings. The summed E-state index contributed by atoms with van der Waals surface area (Å²) in [4.78, 5) is 35.5. The molecule has 4 heterocycles. The zero-order chi connectivity index (χ0) is 27.8. The maximum Gasteiger partial charge on any atom is 0.333 e. The number of H-pyrrole nitrogens is 1. The molecule has 1 aliphatic carbocycles. The van der Waals surface area contributed by atoms with Crippen LogP contribution in [0.25, 0.3) is 22.5 Å². The van der Waals surface area contributed by atoms with Crippen molar-refractivity contribution in [3.8, 4) is 22.5 Å². The number of hydrogen-bond donors (Lipinski definition) is 3. The molecule has 2 saturated heterocycles. The van der Waals surface area contributed by atoms with E-state index in [-0.39, 0.29) is 5.78 Å². The second-order valence-electron chi connectivity index (χ2n) is 10.3. The second kappa shape index (κ2) is 10.7. The number of aromatic amines is 1. The van der Waals surface area contributed by atoms with Gasteiger partial charge in [-0.25, -0.2) is 14.8 Å². The molecule has 0 atom stereocenters. The first kappa shape index (κ1) is 25.2. The number of ketones is 1. The number of urea groups is 1. The van der Waals surface area contributed by atoms with Crippen LogP contribution in [0, 0.1) is 0 Å². The fraction of sp³-hybridized carbons (Fsp3) is 0.267. The summed E-state index contributed by atoms with van der Waals surface area (Å²) in [5.74, 6) is 0.854. The third-order valence-electron chi connectivity index (χ3n) is 7.83. The number of ether oxygens (including phenoxy) is 1. The van der Waals surface area contributed by atoms with Gasteiger partial charge in [0.1, 0.15) is 11.5 Å². The molecule has 41 heavy (non-hydrogen) atoms.